The van der Waals surface area contributed by atoms with E-state index in [1.807, 2.05) is 13.0 Å². The van der Waals surface area contributed by atoms with Gasteiger partial charge in [-0.3, -0.25) is 0 Å². The van der Waals surface area contributed by atoms with E-state index in [1.54, 1.807) is 12.3 Å². The molecule has 1 aromatic heterocycles. The van der Waals surface area contributed by atoms with Gasteiger partial charge in [0.05, 0.1) is 0 Å². The molecule has 0 unspecified atom stereocenters. The Kier molecular flexibility index (Phi) is 2.22. The number of nitrogens with zero attached hydrogens (tertiary/aromatic N) is 2. The van der Waals surface area contributed by atoms with E-state index in [-0.39, 0.29) is 0 Å². The van der Waals surface area contributed by atoms with E-state index in [0.29, 0.717) is 5.69 Å². The molecule has 0 fully saturated rings. The summed E-state index contributed by atoms with van der Waals surface area (Å²) < 4.78 is 1.09. The molecule has 0 aromatic carbocycles. The van der Waals surface area contributed by atoms with Crippen molar-refractivity contribution < 1.29 is 0 Å². The molecule has 50 valence electrons. The normalized spacial score (nSPS) is 8.90. The van der Waals surface area contributed by atoms with Crippen LogP contribution in [0, 0.1) is 21.8 Å². The zero-order valence-electron chi connectivity index (χ0n) is 5.43. The van der Waals surface area contributed by atoms with E-state index in [1.165, 1.54) is 0 Å². The van der Waals surface area contributed by atoms with Gasteiger partial charge in [0.15, 0.2) is 0 Å². The second kappa shape index (κ2) is 2.97. The largest absolute Gasteiger partial charge is 0.245 e. The quantitative estimate of drug-likeness (QED) is 0.653. The van der Waals surface area contributed by atoms with Crippen LogP contribution in [0.25, 0.3) is 0 Å². The van der Waals surface area contributed by atoms with Crippen molar-refractivity contribution in [2.24, 2.45) is 0 Å². The molecule has 1 rings (SSSR count). The molecule has 0 amide bonds. The molecule has 3 heteroatoms. The summed E-state index contributed by atoms with van der Waals surface area (Å²) in [6, 6.07) is 3.75. The second-order valence-electron chi connectivity index (χ2n) is 1.93. The summed E-state index contributed by atoms with van der Waals surface area (Å²) in [6.07, 6.45) is 1.71. The fourth-order valence-corrected chi connectivity index (χ4v) is 0.995. The summed E-state index contributed by atoms with van der Waals surface area (Å²) in [4.78, 5) is 3.89. The molecule has 10 heavy (non-hydrogen) atoms. The first-order valence-corrected chi connectivity index (χ1v) is 3.84. The van der Waals surface area contributed by atoms with Crippen LogP contribution >= 0.6 is 22.6 Å². The first-order chi connectivity index (χ1) is 4.74. The molecule has 0 aliphatic rings. The maximum absolute atomic E-state index is 8.44. The Bertz CT molecular complexity index is 288. The zero-order valence-corrected chi connectivity index (χ0v) is 7.58. The minimum atomic E-state index is 0.481. The molecule has 2 nitrogen and oxygen atoms in total. The average molecular weight is 244 g/mol. The Morgan fingerprint density at radius 3 is 2.90 bits per heavy atom. The lowest BCUT2D eigenvalue weighted by molar-refractivity contribution is 1.21. The summed E-state index contributed by atoms with van der Waals surface area (Å²) in [7, 11) is 0. The smallest absolute Gasteiger partial charge is 0.141 e. The highest BCUT2D eigenvalue weighted by atomic mass is 127. The lowest BCUT2D eigenvalue weighted by Gasteiger charge is -1.94. The van der Waals surface area contributed by atoms with Gasteiger partial charge in [0.25, 0.3) is 0 Å². The molecular weight excluding hydrogens is 239 g/mol. The lowest BCUT2D eigenvalue weighted by Crippen LogP contribution is -1.86. The molecule has 1 heterocycles. The molecule has 0 saturated heterocycles. The number of halogens is 1. The van der Waals surface area contributed by atoms with Crippen molar-refractivity contribution >= 4 is 22.6 Å². The summed E-state index contributed by atoms with van der Waals surface area (Å²) in [5.74, 6) is 0. The number of aromatic nitrogens is 1. The minimum Gasteiger partial charge on any atom is -0.245 e. The number of hydrogen-bond donors (Lipinski definition) is 0. The Balaban J connectivity index is 3.20. The van der Waals surface area contributed by atoms with E-state index in [4.69, 9.17) is 5.26 Å². The Hall–Kier alpha value is -0.630. The summed E-state index contributed by atoms with van der Waals surface area (Å²) in [6.45, 7) is 1.97. The topological polar surface area (TPSA) is 36.7 Å². The maximum Gasteiger partial charge on any atom is 0.141 e. The highest BCUT2D eigenvalue weighted by Gasteiger charge is 1.95. The molecule has 0 bridgehead atoms. The Labute approximate surface area is 73.0 Å². The maximum atomic E-state index is 8.44. The van der Waals surface area contributed by atoms with E-state index in [0.717, 1.165) is 9.13 Å². The Morgan fingerprint density at radius 1 is 1.70 bits per heavy atom. The molecular formula is C7H5IN2. The molecule has 0 N–H and O–H groups in total. The highest BCUT2D eigenvalue weighted by molar-refractivity contribution is 14.1. The molecule has 0 radical (unpaired) electrons. The van der Waals surface area contributed by atoms with Gasteiger partial charge in [-0.15, -0.1) is 0 Å². The zero-order chi connectivity index (χ0) is 7.56. The predicted molar refractivity (Wildman–Crippen MR) is 46.4 cm³/mol. The predicted octanol–water partition coefficient (Wildman–Crippen LogP) is 1.87. The van der Waals surface area contributed by atoms with Crippen molar-refractivity contribution in [1.82, 2.24) is 4.98 Å². The third kappa shape index (κ3) is 1.45. The van der Waals surface area contributed by atoms with Gasteiger partial charge in [-0.25, -0.2) is 4.98 Å². The van der Waals surface area contributed by atoms with Gasteiger partial charge < -0.3 is 0 Å². The molecule has 0 aliphatic heterocycles. The molecule has 0 saturated carbocycles. The van der Waals surface area contributed by atoms with Crippen molar-refractivity contribution in [3.8, 4) is 6.07 Å². The van der Waals surface area contributed by atoms with Crippen LogP contribution in [0.2, 0.25) is 0 Å². The van der Waals surface area contributed by atoms with Crippen molar-refractivity contribution in [3.05, 3.63) is 27.1 Å². The van der Waals surface area contributed by atoms with Crippen molar-refractivity contribution in [1.29, 1.82) is 5.26 Å². The van der Waals surface area contributed by atoms with E-state index in [2.05, 4.69) is 27.6 Å². The standard InChI is InChI=1S/C7H5IN2/c1-5-4-10-6(3-9)2-7(5)8/h2,4H,1H3. The van der Waals surface area contributed by atoms with Gasteiger partial charge in [0, 0.05) is 9.77 Å². The number of aryl methyl sites for hydroxylation is 1. The number of rotatable bonds is 0. The first-order valence-electron chi connectivity index (χ1n) is 2.76. The van der Waals surface area contributed by atoms with Gasteiger partial charge in [-0.2, -0.15) is 5.26 Å². The SMILES string of the molecule is Cc1cnc(C#N)cc1I. The molecule has 0 spiro atoms. The molecule has 0 atom stereocenters. The van der Waals surface area contributed by atoms with Gasteiger partial charge in [0.2, 0.25) is 0 Å². The van der Waals surface area contributed by atoms with E-state index in [9.17, 15) is 0 Å². The van der Waals surface area contributed by atoms with Crippen LogP contribution < -0.4 is 0 Å². The van der Waals surface area contributed by atoms with Gasteiger partial charge in [-0.05, 0) is 41.1 Å². The van der Waals surface area contributed by atoms with Crippen LogP contribution in [0.4, 0.5) is 0 Å². The summed E-state index contributed by atoms with van der Waals surface area (Å²) >= 11 is 2.18. The van der Waals surface area contributed by atoms with Crippen molar-refractivity contribution in [2.75, 3.05) is 0 Å². The highest BCUT2D eigenvalue weighted by Crippen LogP contribution is 2.09. The first kappa shape index (κ1) is 7.48. The average Bonchev–Trinajstić information content (AvgIpc) is 1.95. The number of nitriles is 1. The van der Waals surface area contributed by atoms with Crippen molar-refractivity contribution in [3.63, 3.8) is 0 Å². The Morgan fingerprint density at radius 2 is 2.40 bits per heavy atom. The number of pyridine rings is 1. The minimum absolute atomic E-state index is 0.481. The third-order valence-electron chi connectivity index (χ3n) is 1.15. The van der Waals surface area contributed by atoms with Crippen molar-refractivity contribution in [2.45, 2.75) is 6.92 Å². The van der Waals surface area contributed by atoms with Gasteiger partial charge in [0.1, 0.15) is 11.8 Å². The lowest BCUT2D eigenvalue weighted by atomic mass is 10.3. The van der Waals surface area contributed by atoms with Gasteiger partial charge in [-0.1, -0.05) is 0 Å². The fraction of sp³-hybridized carbons (Fsp3) is 0.143. The fourth-order valence-electron chi connectivity index (χ4n) is 0.560. The second-order valence-corrected chi connectivity index (χ2v) is 3.09. The monoisotopic (exact) mass is 244 g/mol. The molecule has 0 aliphatic carbocycles. The van der Waals surface area contributed by atoms with Crippen LogP contribution in [0.3, 0.4) is 0 Å². The van der Waals surface area contributed by atoms with E-state index < -0.39 is 0 Å². The van der Waals surface area contributed by atoms with E-state index >= 15 is 0 Å². The van der Waals surface area contributed by atoms with Crippen LogP contribution in [0.1, 0.15) is 11.3 Å². The van der Waals surface area contributed by atoms with Gasteiger partial charge >= 0.3 is 0 Å². The summed E-state index contributed by atoms with van der Waals surface area (Å²) in [5.41, 5.74) is 1.59. The third-order valence-corrected chi connectivity index (χ3v) is 2.31. The van der Waals surface area contributed by atoms with Crippen LogP contribution in [0.5, 0.6) is 0 Å². The van der Waals surface area contributed by atoms with Crippen LogP contribution in [-0.2, 0) is 0 Å². The van der Waals surface area contributed by atoms with Crippen LogP contribution in [0.15, 0.2) is 12.3 Å². The summed E-state index contributed by atoms with van der Waals surface area (Å²) in [5, 5.41) is 8.44. The molecule has 1 aromatic rings. The number of hydrogen-bond acceptors (Lipinski definition) is 2. The van der Waals surface area contributed by atoms with Crippen LogP contribution in [-0.4, -0.2) is 4.98 Å².